The van der Waals surface area contributed by atoms with Gasteiger partial charge in [-0.3, -0.25) is 0 Å². The van der Waals surface area contributed by atoms with Crippen LogP contribution in [0.4, 0.5) is 0 Å². The maximum atomic E-state index is 8.64. The molecule has 0 saturated carbocycles. The minimum atomic E-state index is 0.508. The number of aryl methyl sites for hydroxylation is 1. The Kier molecular flexibility index (Phi) is 2.67. The van der Waals surface area contributed by atoms with Gasteiger partial charge in [0.1, 0.15) is 0 Å². The quantitative estimate of drug-likeness (QED) is 0.668. The van der Waals surface area contributed by atoms with Crippen molar-refractivity contribution in [2.75, 3.05) is 0 Å². The first-order valence-corrected chi connectivity index (χ1v) is 4.30. The Balaban J connectivity index is 3.25. The Morgan fingerprint density at radius 1 is 1.58 bits per heavy atom. The lowest BCUT2D eigenvalue weighted by atomic mass is 10.0. The number of allylic oxidation sites excluding steroid dienone is 1. The fourth-order valence-electron chi connectivity index (χ4n) is 0.980. The second kappa shape index (κ2) is 3.55. The van der Waals surface area contributed by atoms with Gasteiger partial charge in [0, 0.05) is 4.47 Å². The Morgan fingerprint density at radius 3 is 2.83 bits per heavy atom. The minimum absolute atomic E-state index is 0.508. The molecule has 0 N–H and O–H groups in total. The van der Waals surface area contributed by atoms with E-state index in [0.29, 0.717) is 5.57 Å². The number of hydrogen-bond donors (Lipinski definition) is 0. The number of nitriles is 1. The minimum Gasteiger partial charge on any atom is -0.192 e. The standard InChI is InChI=1S/C10H8BrN/c1-7-3-4-9(11)5-10(7)8(2)6-12/h3-5H,2H2,1H3. The summed E-state index contributed by atoms with van der Waals surface area (Å²) in [6.07, 6.45) is 0. The third kappa shape index (κ3) is 1.75. The highest BCUT2D eigenvalue weighted by atomic mass is 79.9. The molecule has 0 spiro atoms. The van der Waals surface area contributed by atoms with Gasteiger partial charge < -0.3 is 0 Å². The fourth-order valence-corrected chi connectivity index (χ4v) is 1.34. The molecule has 0 fully saturated rings. The zero-order valence-electron chi connectivity index (χ0n) is 6.76. The SMILES string of the molecule is C=C(C#N)c1cc(Br)ccc1C. The second-order valence-corrected chi connectivity index (χ2v) is 3.47. The van der Waals surface area contributed by atoms with Crippen LogP contribution >= 0.6 is 15.9 Å². The second-order valence-electron chi connectivity index (χ2n) is 2.55. The van der Waals surface area contributed by atoms with E-state index < -0.39 is 0 Å². The van der Waals surface area contributed by atoms with Gasteiger partial charge in [0.05, 0.1) is 11.6 Å². The zero-order valence-corrected chi connectivity index (χ0v) is 8.35. The van der Waals surface area contributed by atoms with Crippen LogP contribution in [0.2, 0.25) is 0 Å². The summed E-state index contributed by atoms with van der Waals surface area (Å²) >= 11 is 3.34. The molecule has 1 nitrogen and oxygen atoms in total. The largest absolute Gasteiger partial charge is 0.192 e. The summed E-state index contributed by atoms with van der Waals surface area (Å²) in [5.74, 6) is 0. The summed E-state index contributed by atoms with van der Waals surface area (Å²) in [7, 11) is 0. The number of nitrogens with zero attached hydrogens (tertiary/aromatic N) is 1. The Hall–Kier alpha value is -1.07. The molecular weight excluding hydrogens is 214 g/mol. The number of halogens is 1. The van der Waals surface area contributed by atoms with E-state index >= 15 is 0 Å². The third-order valence-electron chi connectivity index (χ3n) is 1.66. The Morgan fingerprint density at radius 2 is 2.25 bits per heavy atom. The molecule has 0 radical (unpaired) electrons. The monoisotopic (exact) mass is 221 g/mol. The van der Waals surface area contributed by atoms with Crippen LogP contribution in [0.5, 0.6) is 0 Å². The summed E-state index contributed by atoms with van der Waals surface area (Å²) in [5.41, 5.74) is 2.49. The van der Waals surface area contributed by atoms with E-state index in [1.165, 1.54) is 0 Å². The third-order valence-corrected chi connectivity index (χ3v) is 2.15. The van der Waals surface area contributed by atoms with Gasteiger partial charge in [-0.2, -0.15) is 5.26 Å². The average Bonchev–Trinajstić information content (AvgIpc) is 2.08. The van der Waals surface area contributed by atoms with Gasteiger partial charge in [-0.25, -0.2) is 0 Å². The van der Waals surface area contributed by atoms with Crippen molar-refractivity contribution < 1.29 is 0 Å². The summed E-state index contributed by atoms with van der Waals surface area (Å²) in [5, 5.41) is 8.64. The first kappa shape index (κ1) is 9.02. The van der Waals surface area contributed by atoms with E-state index in [4.69, 9.17) is 5.26 Å². The molecule has 0 unspecified atom stereocenters. The molecular formula is C10H8BrN. The highest BCUT2D eigenvalue weighted by Gasteiger charge is 2.01. The molecule has 0 aliphatic heterocycles. The summed E-state index contributed by atoms with van der Waals surface area (Å²) in [4.78, 5) is 0. The van der Waals surface area contributed by atoms with Gasteiger partial charge in [-0.05, 0) is 30.2 Å². The molecule has 0 heterocycles. The van der Waals surface area contributed by atoms with Crippen molar-refractivity contribution in [3.63, 3.8) is 0 Å². The molecule has 1 rings (SSSR count). The van der Waals surface area contributed by atoms with Crippen molar-refractivity contribution in [1.82, 2.24) is 0 Å². The van der Waals surface area contributed by atoms with Crippen LogP contribution in [0.1, 0.15) is 11.1 Å². The summed E-state index contributed by atoms with van der Waals surface area (Å²) in [6, 6.07) is 7.85. The van der Waals surface area contributed by atoms with Crippen molar-refractivity contribution in [3.05, 3.63) is 40.4 Å². The predicted molar refractivity (Wildman–Crippen MR) is 53.5 cm³/mol. The van der Waals surface area contributed by atoms with Crippen LogP contribution in [-0.4, -0.2) is 0 Å². The van der Waals surface area contributed by atoms with Crippen LogP contribution < -0.4 is 0 Å². The molecule has 12 heavy (non-hydrogen) atoms. The van der Waals surface area contributed by atoms with Gasteiger partial charge in [0.15, 0.2) is 0 Å². The Labute approximate surface area is 80.5 Å². The molecule has 0 aliphatic carbocycles. The first-order chi connectivity index (χ1) is 5.65. The van der Waals surface area contributed by atoms with Crippen LogP contribution in [0, 0.1) is 18.3 Å². The van der Waals surface area contributed by atoms with Gasteiger partial charge >= 0.3 is 0 Å². The molecule has 0 atom stereocenters. The molecule has 1 aromatic carbocycles. The van der Waals surface area contributed by atoms with Gasteiger partial charge in [0.25, 0.3) is 0 Å². The van der Waals surface area contributed by atoms with E-state index in [0.717, 1.165) is 15.6 Å². The smallest absolute Gasteiger partial charge is 0.0991 e. The molecule has 0 aromatic heterocycles. The number of benzene rings is 1. The van der Waals surface area contributed by atoms with Crippen LogP contribution in [-0.2, 0) is 0 Å². The highest BCUT2D eigenvalue weighted by molar-refractivity contribution is 9.10. The fraction of sp³-hybridized carbons (Fsp3) is 0.100. The van der Waals surface area contributed by atoms with Crippen LogP contribution in [0.3, 0.4) is 0 Å². The average molecular weight is 222 g/mol. The molecule has 60 valence electrons. The highest BCUT2D eigenvalue weighted by Crippen LogP contribution is 2.21. The lowest BCUT2D eigenvalue weighted by molar-refractivity contribution is 1.41. The van der Waals surface area contributed by atoms with E-state index in [-0.39, 0.29) is 0 Å². The lowest BCUT2D eigenvalue weighted by Gasteiger charge is -2.02. The van der Waals surface area contributed by atoms with E-state index in [1.807, 2.05) is 31.2 Å². The molecule has 0 aliphatic rings. The maximum absolute atomic E-state index is 8.64. The van der Waals surface area contributed by atoms with Crippen molar-refractivity contribution in [3.8, 4) is 6.07 Å². The molecule has 0 amide bonds. The maximum Gasteiger partial charge on any atom is 0.0991 e. The van der Waals surface area contributed by atoms with Gasteiger partial charge in [-0.15, -0.1) is 0 Å². The van der Waals surface area contributed by atoms with Gasteiger partial charge in [0.2, 0.25) is 0 Å². The van der Waals surface area contributed by atoms with Crippen molar-refractivity contribution >= 4 is 21.5 Å². The number of rotatable bonds is 1. The van der Waals surface area contributed by atoms with Crippen LogP contribution in [0.15, 0.2) is 29.3 Å². The predicted octanol–water partition coefficient (Wildman–Crippen LogP) is 3.29. The van der Waals surface area contributed by atoms with Crippen molar-refractivity contribution in [1.29, 1.82) is 5.26 Å². The molecule has 0 saturated heterocycles. The molecule has 2 heteroatoms. The van der Waals surface area contributed by atoms with Crippen molar-refractivity contribution in [2.24, 2.45) is 0 Å². The normalized spacial score (nSPS) is 9.08. The van der Waals surface area contributed by atoms with E-state index in [1.54, 1.807) is 0 Å². The number of hydrogen-bond acceptors (Lipinski definition) is 1. The molecule has 1 aromatic rings. The van der Waals surface area contributed by atoms with E-state index in [2.05, 4.69) is 22.5 Å². The Bertz CT molecular complexity index is 361. The molecule has 0 bridgehead atoms. The first-order valence-electron chi connectivity index (χ1n) is 3.50. The van der Waals surface area contributed by atoms with E-state index in [9.17, 15) is 0 Å². The van der Waals surface area contributed by atoms with Crippen molar-refractivity contribution in [2.45, 2.75) is 6.92 Å². The van der Waals surface area contributed by atoms with Crippen LogP contribution in [0.25, 0.3) is 5.57 Å². The summed E-state index contributed by atoms with van der Waals surface area (Å²) in [6.45, 7) is 5.63. The zero-order chi connectivity index (χ0) is 9.14. The topological polar surface area (TPSA) is 23.8 Å². The lowest BCUT2D eigenvalue weighted by Crippen LogP contribution is -1.84. The van der Waals surface area contributed by atoms with Gasteiger partial charge in [-0.1, -0.05) is 28.6 Å². The summed E-state index contributed by atoms with van der Waals surface area (Å²) < 4.78 is 0.972.